The number of phenols is 1. The summed E-state index contributed by atoms with van der Waals surface area (Å²) < 4.78 is 0. The van der Waals surface area contributed by atoms with Crippen LogP contribution in [0.25, 0.3) is 10.9 Å². The summed E-state index contributed by atoms with van der Waals surface area (Å²) in [5, 5.41) is 28.4. The maximum Gasteiger partial charge on any atom is 0.254 e. The van der Waals surface area contributed by atoms with Crippen molar-refractivity contribution in [2.75, 3.05) is 32.7 Å². The van der Waals surface area contributed by atoms with Crippen molar-refractivity contribution in [2.24, 2.45) is 0 Å². The van der Waals surface area contributed by atoms with E-state index in [-0.39, 0.29) is 23.3 Å². The standard InChI is InChI=1S/C25H28Cl2N4O4/c26-18-2-1-3-19(27)23(18)25(35)28-10-13-31-11-8-15(9-12-31)29-14-21(33)16-4-6-20(32)24-17(16)5-7-22(34)30-24/h1-7,15,21,29,32-33H,8-14H2,(H,28,35)(H,30,34)/t21-/m1/s1. The normalized spacial score (nSPS) is 15.9. The number of piperidine rings is 1. The highest BCUT2D eigenvalue weighted by atomic mass is 35.5. The molecule has 3 aromatic rings. The predicted molar refractivity (Wildman–Crippen MR) is 137 cm³/mol. The molecule has 0 unspecified atom stereocenters. The zero-order valence-electron chi connectivity index (χ0n) is 19.1. The van der Waals surface area contributed by atoms with E-state index in [2.05, 4.69) is 20.5 Å². The first-order chi connectivity index (χ1) is 16.8. The van der Waals surface area contributed by atoms with Crippen molar-refractivity contribution < 1.29 is 15.0 Å². The van der Waals surface area contributed by atoms with Crippen molar-refractivity contribution in [3.8, 4) is 5.75 Å². The van der Waals surface area contributed by atoms with Crippen molar-refractivity contribution in [1.82, 2.24) is 20.5 Å². The summed E-state index contributed by atoms with van der Waals surface area (Å²) in [5.41, 5.74) is 0.959. The first-order valence-electron chi connectivity index (χ1n) is 11.5. The molecule has 1 aliphatic rings. The molecule has 1 fully saturated rings. The van der Waals surface area contributed by atoms with Gasteiger partial charge in [-0.25, -0.2) is 0 Å². The first-order valence-corrected chi connectivity index (χ1v) is 12.3. The average Bonchev–Trinajstić information content (AvgIpc) is 2.84. The van der Waals surface area contributed by atoms with Crippen molar-refractivity contribution in [1.29, 1.82) is 0 Å². The smallest absolute Gasteiger partial charge is 0.254 e. The summed E-state index contributed by atoms with van der Waals surface area (Å²) in [6, 6.07) is 11.4. The van der Waals surface area contributed by atoms with Crippen molar-refractivity contribution >= 4 is 40.0 Å². The number of fused-ring (bicyclic) bond motifs is 1. The number of aromatic amines is 1. The number of amides is 1. The Labute approximate surface area is 212 Å². The monoisotopic (exact) mass is 518 g/mol. The minimum Gasteiger partial charge on any atom is -0.506 e. The number of pyridine rings is 1. The van der Waals surface area contributed by atoms with Crippen LogP contribution in [0.4, 0.5) is 0 Å². The van der Waals surface area contributed by atoms with E-state index < -0.39 is 6.10 Å². The van der Waals surface area contributed by atoms with E-state index in [4.69, 9.17) is 23.2 Å². The number of carbonyl (C=O) groups excluding carboxylic acids is 1. The van der Waals surface area contributed by atoms with Crippen molar-refractivity contribution in [2.45, 2.75) is 25.0 Å². The third-order valence-corrected chi connectivity index (χ3v) is 6.99. The molecule has 2 heterocycles. The Morgan fingerprint density at radius 1 is 1.11 bits per heavy atom. The summed E-state index contributed by atoms with van der Waals surface area (Å²) in [5.74, 6) is -0.308. The van der Waals surface area contributed by atoms with Crippen LogP contribution in [0.15, 0.2) is 47.3 Å². The van der Waals surface area contributed by atoms with Crippen molar-refractivity contribution in [3.05, 3.63) is 74.0 Å². The minimum atomic E-state index is -0.783. The summed E-state index contributed by atoms with van der Waals surface area (Å²) in [4.78, 5) is 28.9. The Morgan fingerprint density at radius 3 is 2.54 bits per heavy atom. The predicted octanol–water partition coefficient (Wildman–Crippen LogP) is 3.06. The van der Waals surface area contributed by atoms with Crippen LogP contribution in [0.1, 0.15) is 34.9 Å². The largest absolute Gasteiger partial charge is 0.506 e. The Bertz CT molecular complexity index is 1240. The maximum atomic E-state index is 12.4. The van der Waals surface area contributed by atoms with Gasteiger partial charge in [0.15, 0.2) is 0 Å². The number of halogens is 2. The fraction of sp³-hybridized carbons (Fsp3) is 0.360. The number of rotatable bonds is 8. The van der Waals surface area contributed by atoms with Gasteiger partial charge in [-0.1, -0.05) is 35.3 Å². The van der Waals surface area contributed by atoms with Gasteiger partial charge < -0.3 is 30.7 Å². The lowest BCUT2D eigenvalue weighted by Crippen LogP contribution is -2.45. The number of hydrogen-bond acceptors (Lipinski definition) is 6. The Balaban J connectivity index is 1.22. The van der Waals surface area contributed by atoms with E-state index in [1.807, 2.05) is 0 Å². The Kier molecular flexibility index (Phi) is 8.30. The Morgan fingerprint density at radius 2 is 1.83 bits per heavy atom. The number of likely N-dealkylation sites (tertiary alicyclic amines) is 1. The number of aromatic nitrogens is 1. The lowest BCUT2D eigenvalue weighted by Gasteiger charge is -2.33. The molecule has 1 saturated heterocycles. The molecule has 186 valence electrons. The SMILES string of the molecule is O=C(NCCN1CCC(NC[C@@H](O)c2ccc(O)c3[nH]c(=O)ccc23)CC1)c1c(Cl)cccc1Cl. The molecule has 1 aromatic heterocycles. The van der Waals surface area contributed by atoms with Crippen LogP contribution in [0.2, 0.25) is 10.0 Å². The number of benzene rings is 2. The topological polar surface area (TPSA) is 118 Å². The molecule has 4 rings (SSSR count). The van der Waals surface area contributed by atoms with Crippen LogP contribution in [0.5, 0.6) is 5.75 Å². The van der Waals surface area contributed by atoms with Crippen LogP contribution < -0.4 is 16.2 Å². The summed E-state index contributed by atoms with van der Waals surface area (Å²) in [6.45, 7) is 3.33. The number of aliphatic hydroxyl groups excluding tert-OH is 1. The van der Waals surface area contributed by atoms with E-state index in [0.29, 0.717) is 45.2 Å². The van der Waals surface area contributed by atoms with Crippen LogP contribution in [0, 0.1) is 0 Å². The van der Waals surface area contributed by atoms with E-state index in [9.17, 15) is 19.8 Å². The van der Waals surface area contributed by atoms with Gasteiger partial charge in [0.2, 0.25) is 5.56 Å². The summed E-state index contributed by atoms with van der Waals surface area (Å²) in [7, 11) is 0. The zero-order chi connectivity index (χ0) is 24.9. The fourth-order valence-electron chi connectivity index (χ4n) is 4.43. The van der Waals surface area contributed by atoms with Gasteiger partial charge in [-0.05, 0) is 55.8 Å². The zero-order valence-corrected chi connectivity index (χ0v) is 20.6. The van der Waals surface area contributed by atoms with Crippen molar-refractivity contribution in [3.63, 3.8) is 0 Å². The molecule has 0 bridgehead atoms. The third kappa shape index (κ3) is 6.15. The van der Waals surface area contributed by atoms with E-state index >= 15 is 0 Å². The van der Waals surface area contributed by atoms with Gasteiger partial charge in [-0.3, -0.25) is 9.59 Å². The van der Waals surface area contributed by atoms with Crippen LogP contribution in [-0.4, -0.2) is 64.8 Å². The molecule has 0 aliphatic carbocycles. The minimum absolute atomic E-state index is 0.0277. The number of nitrogens with one attached hydrogen (secondary N) is 3. The highest BCUT2D eigenvalue weighted by Gasteiger charge is 2.21. The molecular formula is C25H28Cl2N4O4. The molecule has 1 aliphatic heterocycles. The molecule has 8 nitrogen and oxygen atoms in total. The molecular weight excluding hydrogens is 491 g/mol. The third-order valence-electron chi connectivity index (χ3n) is 6.36. The number of nitrogens with zero attached hydrogens (tertiary/aromatic N) is 1. The average molecular weight is 519 g/mol. The number of aromatic hydroxyl groups is 1. The van der Waals surface area contributed by atoms with Crippen LogP contribution in [0.3, 0.4) is 0 Å². The van der Waals surface area contributed by atoms with Gasteiger partial charge in [-0.2, -0.15) is 0 Å². The lowest BCUT2D eigenvalue weighted by molar-refractivity contribution is 0.0945. The van der Waals surface area contributed by atoms with Crippen LogP contribution in [-0.2, 0) is 0 Å². The van der Waals surface area contributed by atoms with E-state index in [1.54, 1.807) is 30.3 Å². The Hall–Kier alpha value is -2.62. The molecule has 1 amide bonds. The van der Waals surface area contributed by atoms with E-state index in [1.165, 1.54) is 12.1 Å². The number of phenolic OH excluding ortho intramolecular Hbond substituents is 1. The van der Waals surface area contributed by atoms with Crippen LogP contribution >= 0.6 is 23.2 Å². The molecule has 2 aromatic carbocycles. The summed E-state index contributed by atoms with van der Waals surface area (Å²) >= 11 is 12.2. The van der Waals surface area contributed by atoms with Gasteiger partial charge in [0, 0.05) is 37.1 Å². The second-order valence-electron chi connectivity index (χ2n) is 8.68. The van der Waals surface area contributed by atoms with Gasteiger partial charge in [-0.15, -0.1) is 0 Å². The quantitative estimate of drug-likeness (QED) is 0.312. The second kappa shape index (κ2) is 11.4. The maximum absolute atomic E-state index is 12.4. The molecule has 0 saturated carbocycles. The van der Waals surface area contributed by atoms with Gasteiger partial charge in [0.25, 0.3) is 5.91 Å². The second-order valence-corrected chi connectivity index (χ2v) is 9.49. The molecule has 10 heteroatoms. The highest BCUT2D eigenvalue weighted by molar-refractivity contribution is 6.39. The number of aliphatic hydroxyl groups is 1. The molecule has 0 radical (unpaired) electrons. The van der Waals surface area contributed by atoms with Gasteiger partial charge in [0.1, 0.15) is 5.75 Å². The summed E-state index contributed by atoms with van der Waals surface area (Å²) in [6.07, 6.45) is 1.05. The number of H-pyrrole nitrogens is 1. The molecule has 35 heavy (non-hydrogen) atoms. The lowest BCUT2D eigenvalue weighted by atomic mass is 10.0. The number of hydrogen-bond donors (Lipinski definition) is 5. The fourth-order valence-corrected chi connectivity index (χ4v) is 5.00. The molecule has 1 atom stereocenters. The number of carbonyl (C=O) groups is 1. The van der Waals surface area contributed by atoms with Gasteiger partial charge >= 0.3 is 0 Å². The van der Waals surface area contributed by atoms with E-state index in [0.717, 1.165) is 32.5 Å². The first kappa shape index (κ1) is 25.5. The molecule has 0 spiro atoms. The molecule has 5 N–H and O–H groups in total. The highest BCUT2D eigenvalue weighted by Crippen LogP contribution is 2.29. The van der Waals surface area contributed by atoms with Gasteiger partial charge in [0.05, 0.1) is 27.2 Å².